The maximum Gasteiger partial charge on any atom is 0.225 e. The zero-order valence-corrected chi connectivity index (χ0v) is 11.6. The summed E-state index contributed by atoms with van der Waals surface area (Å²) in [6.07, 6.45) is 0.728. The Balaban J connectivity index is 4.38. The second kappa shape index (κ2) is 5.66. The summed E-state index contributed by atoms with van der Waals surface area (Å²) in [6.45, 7) is 8.97. The first-order valence-corrected chi connectivity index (χ1v) is 7.48. The van der Waals surface area contributed by atoms with Crippen LogP contribution in [0.2, 0.25) is 0 Å². The average Bonchev–Trinajstić information content (AvgIpc) is 2.16. The lowest BCUT2D eigenvalue weighted by Crippen LogP contribution is -2.44. The fraction of sp³-hybridized carbons (Fsp3) is 0.909. The quantitative estimate of drug-likeness (QED) is 0.773. The molecule has 0 fully saturated rings. The van der Waals surface area contributed by atoms with E-state index in [-0.39, 0.29) is 23.5 Å². The van der Waals surface area contributed by atoms with Gasteiger partial charge in [0.2, 0.25) is 5.91 Å². The lowest BCUT2D eigenvalue weighted by molar-refractivity contribution is -0.129. The molecule has 0 aliphatic carbocycles. The standard InChI is InChI=1S/C11H23NO3S/c1-6-11(4,5)10(13)12-9(3)8-16(14,15)7-2/h9H,6-8H2,1-5H3,(H,12,13)/t9-/m1/s1. The van der Waals surface area contributed by atoms with Crippen LogP contribution in [-0.4, -0.2) is 31.9 Å². The Hall–Kier alpha value is -0.580. The van der Waals surface area contributed by atoms with Gasteiger partial charge in [-0.05, 0) is 13.3 Å². The fourth-order valence-corrected chi connectivity index (χ4v) is 2.20. The first-order chi connectivity index (χ1) is 7.14. The molecule has 5 heteroatoms. The van der Waals surface area contributed by atoms with E-state index in [2.05, 4.69) is 5.32 Å². The molecule has 0 unspecified atom stereocenters. The van der Waals surface area contributed by atoms with Gasteiger partial charge in [-0.25, -0.2) is 8.42 Å². The monoisotopic (exact) mass is 249 g/mol. The molecule has 4 nitrogen and oxygen atoms in total. The van der Waals surface area contributed by atoms with Gasteiger partial charge in [-0.3, -0.25) is 4.79 Å². The lowest BCUT2D eigenvalue weighted by Gasteiger charge is -2.24. The molecule has 1 atom stereocenters. The van der Waals surface area contributed by atoms with Gasteiger partial charge in [0.25, 0.3) is 0 Å². The fourth-order valence-electron chi connectivity index (χ4n) is 1.12. The molecular weight excluding hydrogens is 226 g/mol. The minimum atomic E-state index is -3.03. The van der Waals surface area contributed by atoms with E-state index in [1.807, 2.05) is 20.8 Å². The van der Waals surface area contributed by atoms with E-state index in [1.165, 1.54) is 0 Å². The number of carbonyl (C=O) groups is 1. The number of hydrogen-bond acceptors (Lipinski definition) is 3. The summed E-state index contributed by atoms with van der Waals surface area (Å²) >= 11 is 0. The summed E-state index contributed by atoms with van der Waals surface area (Å²) in [5, 5.41) is 2.74. The molecule has 0 heterocycles. The van der Waals surface area contributed by atoms with Gasteiger partial charge in [-0.15, -0.1) is 0 Å². The number of carbonyl (C=O) groups excluding carboxylic acids is 1. The molecule has 0 saturated carbocycles. The van der Waals surface area contributed by atoms with E-state index in [1.54, 1.807) is 13.8 Å². The summed E-state index contributed by atoms with van der Waals surface area (Å²) in [5.74, 6) is 0.0353. The van der Waals surface area contributed by atoms with Gasteiger partial charge in [-0.2, -0.15) is 0 Å². The highest BCUT2D eigenvalue weighted by atomic mass is 32.2. The Labute approximate surface area is 98.7 Å². The number of nitrogens with one attached hydrogen (secondary N) is 1. The molecule has 0 radical (unpaired) electrons. The van der Waals surface area contributed by atoms with E-state index >= 15 is 0 Å². The Morgan fingerprint density at radius 2 is 1.81 bits per heavy atom. The van der Waals surface area contributed by atoms with E-state index in [0.29, 0.717) is 0 Å². The van der Waals surface area contributed by atoms with Gasteiger partial charge in [0, 0.05) is 17.2 Å². The molecule has 0 rings (SSSR count). The van der Waals surface area contributed by atoms with Crippen LogP contribution in [0.3, 0.4) is 0 Å². The number of amides is 1. The van der Waals surface area contributed by atoms with E-state index in [9.17, 15) is 13.2 Å². The number of rotatable bonds is 6. The van der Waals surface area contributed by atoms with Gasteiger partial charge in [-0.1, -0.05) is 27.7 Å². The van der Waals surface area contributed by atoms with Crippen molar-refractivity contribution in [1.82, 2.24) is 5.32 Å². The molecular formula is C11H23NO3S. The van der Waals surface area contributed by atoms with Crippen molar-refractivity contribution in [3.8, 4) is 0 Å². The third-order valence-electron chi connectivity index (χ3n) is 2.82. The van der Waals surface area contributed by atoms with Gasteiger partial charge in [0.05, 0.1) is 5.75 Å². The Morgan fingerprint density at radius 1 is 1.31 bits per heavy atom. The Morgan fingerprint density at radius 3 is 2.19 bits per heavy atom. The van der Waals surface area contributed by atoms with E-state index in [4.69, 9.17) is 0 Å². The zero-order chi connectivity index (χ0) is 13.0. The van der Waals surface area contributed by atoms with Crippen molar-refractivity contribution in [2.45, 2.75) is 47.1 Å². The smallest absolute Gasteiger partial charge is 0.225 e. The molecule has 0 saturated heterocycles. The third kappa shape index (κ3) is 4.96. The molecule has 96 valence electrons. The van der Waals surface area contributed by atoms with Gasteiger partial charge >= 0.3 is 0 Å². The van der Waals surface area contributed by atoms with Crippen LogP contribution in [0.25, 0.3) is 0 Å². The summed E-state index contributed by atoms with van der Waals surface area (Å²) in [7, 11) is -3.03. The van der Waals surface area contributed by atoms with Crippen LogP contribution in [0.5, 0.6) is 0 Å². The molecule has 16 heavy (non-hydrogen) atoms. The SMILES string of the molecule is CCC(C)(C)C(=O)N[C@H](C)CS(=O)(=O)CC. The molecule has 0 aromatic heterocycles. The molecule has 0 bridgehead atoms. The van der Waals surface area contributed by atoms with Gasteiger partial charge < -0.3 is 5.32 Å². The highest BCUT2D eigenvalue weighted by Gasteiger charge is 2.27. The van der Waals surface area contributed by atoms with Gasteiger partial charge in [0.1, 0.15) is 0 Å². The highest BCUT2D eigenvalue weighted by molar-refractivity contribution is 7.91. The summed E-state index contributed by atoms with van der Waals surface area (Å²) < 4.78 is 22.7. The third-order valence-corrected chi connectivity index (χ3v) is 4.71. The van der Waals surface area contributed by atoms with Crippen molar-refractivity contribution in [1.29, 1.82) is 0 Å². The topological polar surface area (TPSA) is 63.2 Å². The molecule has 0 aromatic carbocycles. The minimum absolute atomic E-state index is 0.00896. The maximum absolute atomic E-state index is 11.8. The Bertz CT molecular complexity index is 333. The maximum atomic E-state index is 11.8. The van der Waals surface area contributed by atoms with Crippen LogP contribution >= 0.6 is 0 Å². The second-order valence-electron chi connectivity index (χ2n) is 4.81. The summed E-state index contributed by atoms with van der Waals surface area (Å²) in [6, 6.07) is -0.330. The second-order valence-corrected chi connectivity index (χ2v) is 7.21. The van der Waals surface area contributed by atoms with Crippen molar-refractivity contribution >= 4 is 15.7 Å². The molecule has 0 aliphatic heterocycles. The van der Waals surface area contributed by atoms with Crippen LogP contribution in [0.4, 0.5) is 0 Å². The number of sulfone groups is 1. The van der Waals surface area contributed by atoms with Crippen LogP contribution in [0.15, 0.2) is 0 Å². The molecule has 1 amide bonds. The minimum Gasteiger partial charge on any atom is -0.352 e. The molecule has 0 aliphatic rings. The van der Waals surface area contributed by atoms with Crippen LogP contribution in [-0.2, 0) is 14.6 Å². The van der Waals surface area contributed by atoms with Crippen LogP contribution < -0.4 is 5.32 Å². The molecule has 0 aromatic rings. The van der Waals surface area contributed by atoms with Crippen molar-refractivity contribution in [3.63, 3.8) is 0 Å². The van der Waals surface area contributed by atoms with Crippen molar-refractivity contribution in [2.24, 2.45) is 5.41 Å². The lowest BCUT2D eigenvalue weighted by atomic mass is 9.89. The van der Waals surface area contributed by atoms with Crippen molar-refractivity contribution in [2.75, 3.05) is 11.5 Å². The van der Waals surface area contributed by atoms with Crippen molar-refractivity contribution < 1.29 is 13.2 Å². The van der Waals surface area contributed by atoms with Gasteiger partial charge in [0.15, 0.2) is 9.84 Å². The van der Waals surface area contributed by atoms with Crippen LogP contribution in [0.1, 0.15) is 41.0 Å². The van der Waals surface area contributed by atoms with E-state index in [0.717, 1.165) is 6.42 Å². The largest absolute Gasteiger partial charge is 0.352 e. The number of hydrogen-bond donors (Lipinski definition) is 1. The molecule has 1 N–H and O–H groups in total. The average molecular weight is 249 g/mol. The zero-order valence-electron chi connectivity index (χ0n) is 10.8. The highest BCUT2D eigenvalue weighted by Crippen LogP contribution is 2.19. The predicted octanol–water partition coefficient (Wildman–Crippen LogP) is 1.36. The first-order valence-electron chi connectivity index (χ1n) is 5.66. The normalized spacial score (nSPS) is 14.6. The van der Waals surface area contributed by atoms with Crippen molar-refractivity contribution in [3.05, 3.63) is 0 Å². The predicted molar refractivity (Wildman–Crippen MR) is 66.0 cm³/mol. The first kappa shape index (κ1) is 15.4. The Kier molecular flexibility index (Phi) is 5.46. The van der Waals surface area contributed by atoms with E-state index < -0.39 is 15.3 Å². The summed E-state index contributed by atoms with van der Waals surface area (Å²) in [4.78, 5) is 11.8. The summed E-state index contributed by atoms with van der Waals surface area (Å²) in [5.41, 5.74) is -0.440. The van der Waals surface area contributed by atoms with Crippen LogP contribution in [0, 0.1) is 5.41 Å². The molecule has 0 spiro atoms.